The fourth-order valence-electron chi connectivity index (χ4n) is 2.14. The van der Waals surface area contributed by atoms with E-state index in [2.05, 4.69) is 26.8 Å². The van der Waals surface area contributed by atoms with Crippen molar-refractivity contribution in [3.63, 3.8) is 0 Å². The van der Waals surface area contributed by atoms with Crippen molar-refractivity contribution in [3.05, 3.63) is 35.9 Å². The Morgan fingerprint density at radius 2 is 1.85 bits per heavy atom. The highest BCUT2D eigenvalue weighted by atomic mass is 79.9. The third-order valence-electron chi connectivity index (χ3n) is 3.50. The van der Waals surface area contributed by atoms with Crippen LogP contribution < -0.4 is 10.9 Å². The minimum Gasteiger partial charge on any atom is -0.273 e. The molecule has 0 bridgehead atoms. The van der Waals surface area contributed by atoms with Gasteiger partial charge >= 0.3 is 0 Å². The van der Waals surface area contributed by atoms with Crippen molar-refractivity contribution in [1.29, 1.82) is 0 Å². The molecule has 1 aliphatic rings. The largest absolute Gasteiger partial charge is 0.273 e. The summed E-state index contributed by atoms with van der Waals surface area (Å²) < 4.78 is 0. The van der Waals surface area contributed by atoms with Gasteiger partial charge in [-0.2, -0.15) is 0 Å². The Morgan fingerprint density at radius 3 is 2.45 bits per heavy atom. The number of hydrazine groups is 1. The molecule has 1 aromatic carbocycles. The Labute approximate surface area is 127 Å². The smallest absolute Gasteiger partial charge is 0.252 e. The van der Waals surface area contributed by atoms with Crippen molar-refractivity contribution >= 4 is 27.7 Å². The zero-order chi connectivity index (χ0) is 14.7. The predicted octanol–water partition coefficient (Wildman–Crippen LogP) is 2.36. The maximum Gasteiger partial charge on any atom is 0.252 e. The van der Waals surface area contributed by atoms with Crippen LogP contribution in [0.15, 0.2) is 30.3 Å². The number of carbonyl (C=O) groups excluding carboxylic acids is 2. The van der Waals surface area contributed by atoms with Gasteiger partial charge < -0.3 is 0 Å². The molecule has 20 heavy (non-hydrogen) atoms. The second-order valence-corrected chi connectivity index (χ2v) is 6.47. The summed E-state index contributed by atoms with van der Waals surface area (Å²) in [6, 6.07) is 9.97. The van der Waals surface area contributed by atoms with Crippen LogP contribution >= 0.6 is 15.9 Å². The van der Waals surface area contributed by atoms with Crippen molar-refractivity contribution in [2.75, 3.05) is 0 Å². The standard InChI is InChI=1S/C15H19BrN2O2/c1-9(2)13(16)15(20)18-17-14(19)12-8-11(12)10-6-4-3-5-7-10/h3-7,9,11-13H,8H2,1-2H3,(H,17,19)(H,18,20)/t11-,12+,13+/m0/s1. The van der Waals surface area contributed by atoms with Crippen molar-refractivity contribution < 1.29 is 9.59 Å². The molecule has 0 unspecified atom stereocenters. The molecule has 2 N–H and O–H groups in total. The number of rotatable bonds is 4. The summed E-state index contributed by atoms with van der Waals surface area (Å²) in [5, 5.41) is 0. The fraction of sp³-hybridized carbons (Fsp3) is 0.467. The number of hydrogen-bond donors (Lipinski definition) is 2. The summed E-state index contributed by atoms with van der Waals surface area (Å²) in [6.07, 6.45) is 0.841. The van der Waals surface area contributed by atoms with E-state index < -0.39 is 0 Å². The van der Waals surface area contributed by atoms with Gasteiger partial charge in [0.25, 0.3) is 5.91 Å². The van der Waals surface area contributed by atoms with Crippen LogP contribution in [-0.2, 0) is 9.59 Å². The molecular weight excluding hydrogens is 320 g/mol. The summed E-state index contributed by atoms with van der Waals surface area (Å²) in [6.45, 7) is 3.88. The van der Waals surface area contributed by atoms with E-state index in [1.54, 1.807) is 0 Å². The second-order valence-electron chi connectivity index (χ2n) is 5.48. The van der Waals surface area contributed by atoms with Crippen LogP contribution in [-0.4, -0.2) is 16.6 Å². The molecular formula is C15H19BrN2O2. The zero-order valence-electron chi connectivity index (χ0n) is 11.6. The Morgan fingerprint density at radius 1 is 1.20 bits per heavy atom. The summed E-state index contributed by atoms with van der Waals surface area (Å²) in [5.74, 6) is 0.0781. The van der Waals surface area contributed by atoms with Crippen molar-refractivity contribution in [1.82, 2.24) is 10.9 Å². The van der Waals surface area contributed by atoms with E-state index in [1.165, 1.54) is 5.56 Å². The molecule has 0 radical (unpaired) electrons. The van der Waals surface area contributed by atoms with Crippen LogP contribution in [0.1, 0.15) is 31.7 Å². The Kier molecular flexibility index (Phi) is 4.81. The van der Waals surface area contributed by atoms with Crippen molar-refractivity contribution in [2.45, 2.75) is 31.0 Å². The first-order valence-corrected chi connectivity index (χ1v) is 7.71. The Balaban J connectivity index is 1.79. The molecule has 4 nitrogen and oxygen atoms in total. The monoisotopic (exact) mass is 338 g/mol. The van der Waals surface area contributed by atoms with Gasteiger partial charge in [0.15, 0.2) is 0 Å². The third-order valence-corrected chi connectivity index (χ3v) is 4.97. The van der Waals surface area contributed by atoms with Crippen LogP contribution in [0.5, 0.6) is 0 Å². The van der Waals surface area contributed by atoms with E-state index in [0.717, 1.165) is 6.42 Å². The van der Waals surface area contributed by atoms with Gasteiger partial charge in [-0.1, -0.05) is 60.1 Å². The van der Waals surface area contributed by atoms with Crippen molar-refractivity contribution in [3.8, 4) is 0 Å². The minimum absolute atomic E-state index is 0.0366. The van der Waals surface area contributed by atoms with Crippen LogP contribution in [0.3, 0.4) is 0 Å². The van der Waals surface area contributed by atoms with Crippen molar-refractivity contribution in [2.24, 2.45) is 11.8 Å². The lowest BCUT2D eigenvalue weighted by molar-refractivity contribution is -0.129. The average molecular weight is 339 g/mol. The van der Waals surface area contributed by atoms with E-state index in [9.17, 15) is 9.59 Å². The number of hydrogen-bond acceptors (Lipinski definition) is 2. The van der Waals surface area contributed by atoms with Gasteiger partial charge in [0, 0.05) is 5.92 Å². The molecule has 0 spiro atoms. The van der Waals surface area contributed by atoms with E-state index in [4.69, 9.17) is 0 Å². The SMILES string of the molecule is CC(C)[C@@H](Br)C(=O)NNC(=O)[C@@H]1C[C@H]1c1ccccc1. The first-order chi connectivity index (χ1) is 9.50. The number of amides is 2. The molecule has 3 atom stereocenters. The molecule has 0 heterocycles. The molecule has 1 fully saturated rings. The molecule has 0 aliphatic heterocycles. The van der Waals surface area contributed by atoms with Gasteiger partial charge in [-0.25, -0.2) is 0 Å². The number of benzene rings is 1. The third kappa shape index (κ3) is 3.60. The number of alkyl halides is 1. The quantitative estimate of drug-likeness (QED) is 0.654. The van der Waals surface area contributed by atoms with Crippen LogP contribution in [0, 0.1) is 11.8 Å². The lowest BCUT2D eigenvalue weighted by atomic mass is 10.1. The summed E-state index contributed by atoms with van der Waals surface area (Å²) in [4.78, 5) is 23.4. The highest BCUT2D eigenvalue weighted by Gasteiger charge is 2.44. The molecule has 1 aromatic rings. The Bertz CT molecular complexity index is 490. The maximum absolute atomic E-state index is 11.9. The first-order valence-electron chi connectivity index (χ1n) is 6.79. The molecule has 2 rings (SSSR count). The van der Waals surface area contributed by atoms with E-state index in [0.29, 0.717) is 0 Å². The van der Waals surface area contributed by atoms with Gasteiger partial charge in [-0.05, 0) is 23.8 Å². The highest BCUT2D eigenvalue weighted by Crippen LogP contribution is 2.47. The zero-order valence-corrected chi connectivity index (χ0v) is 13.2. The second kappa shape index (κ2) is 6.39. The molecule has 0 saturated heterocycles. The van der Waals surface area contributed by atoms with E-state index >= 15 is 0 Å². The topological polar surface area (TPSA) is 58.2 Å². The summed E-state index contributed by atoms with van der Waals surface area (Å²) in [5.41, 5.74) is 6.16. The van der Waals surface area contributed by atoms with Crippen LogP contribution in [0.25, 0.3) is 0 Å². The summed E-state index contributed by atoms with van der Waals surface area (Å²) >= 11 is 3.30. The molecule has 108 valence electrons. The molecule has 1 aliphatic carbocycles. The number of halogens is 1. The number of nitrogens with one attached hydrogen (secondary N) is 2. The molecule has 0 aromatic heterocycles. The molecule has 5 heteroatoms. The van der Waals surface area contributed by atoms with Gasteiger partial charge in [-0.15, -0.1) is 0 Å². The van der Waals surface area contributed by atoms with Crippen LogP contribution in [0.4, 0.5) is 0 Å². The van der Waals surface area contributed by atoms with E-state index in [-0.39, 0.29) is 34.4 Å². The van der Waals surface area contributed by atoms with E-state index in [1.807, 2.05) is 44.2 Å². The minimum atomic E-state index is -0.299. The van der Waals surface area contributed by atoms with Gasteiger partial charge in [-0.3, -0.25) is 20.4 Å². The normalized spacial score (nSPS) is 22.2. The first kappa shape index (κ1) is 15.0. The van der Waals surface area contributed by atoms with Crippen LogP contribution in [0.2, 0.25) is 0 Å². The lowest BCUT2D eigenvalue weighted by Crippen LogP contribution is -2.46. The lowest BCUT2D eigenvalue weighted by Gasteiger charge is -2.14. The predicted molar refractivity (Wildman–Crippen MR) is 81.1 cm³/mol. The number of carbonyl (C=O) groups is 2. The highest BCUT2D eigenvalue weighted by molar-refractivity contribution is 9.10. The Hall–Kier alpha value is -1.36. The summed E-state index contributed by atoms with van der Waals surface area (Å²) in [7, 11) is 0. The molecule has 2 amide bonds. The van der Waals surface area contributed by atoms with Gasteiger partial charge in [0.05, 0.1) is 4.83 Å². The average Bonchev–Trinajstić information content (AvgIpc) is 3.24. The van der Waals surface area contributed by atoms with Gasteiger partial charge in [0.2, 0.25) is 5.91 Å². The fourth-order valence-corrected chi connectivity index (χ4v) is 2.26. The van der Waals surface area contributed by atoms with Gasteiger partial charge in [0.1, 0.15) is 0 Å². The molecule has 1 saturated carbocycles. The maximum atomic E-state index is 11.9.